The average Bonchev–Trinajstić information content (AvgIpc) is 3.02. The van der Waals surface area contributed by atoms with Gasteiger partial charge in [-0.05, 0) is 34.1 Å². The lowest BCUT2D eigenvalue weighted by atomic mass is 10.2. The molecule has 23 heavy (non-hydrogen) atoms. The monoisotopic (exact) mass is 317 g/mol. The first-order valence-corrected chi connectivity index (χ1v) is 8.04. The standard InChI is InChI=1S/C16H23N5O2/c1-7-9(3)20-10(4)11(5)21-12-13(17-15(20)21)18(6)16(23)19(8-2)14(12)22/h9H,7-8H2,1-6H3. The van der Waals surface area contributed by atoms with Gasteiger partial charge in [-0.3, -0.25) is 18.3 Å². The number of hydrogen-bond acceptors (Lipinski definition) is 3. The molecule has 0 radical (unpaired) electrons. The van der Waals surface area contributed by atoms with Gasteiger partial charge in [0, 0.05) is 31.0 Å². The number of fused-ring (bicyclic) bond motifs is 3. The largest absolute Gasteiger partial charge is 0.332 e. The molecule has 3 heterocycles. The van der Waals surface area contributed by atoms with Crippen LogP contribution in [0.2, 0.25) is 0 Å². The molecule has 3 aromatic rings. The second-order valence-corrected chi connectivity index (χ2v) is 6.11. The molecular weight excluding hydrogens is 294 g/mol. The number of aromatic nitrogens is 5. The van der Waals surface area contributed by atoms with Crippen LogP contribution in [0.15, 0.2) is 9.59 Å². The maximum Gasteiger partial charge on any atom is 0.332 e. The third-order valence-corrected chi connectivity index (χ3v) is 4.91. The number of hydrogen-bond donors (Lipinski definition) is 0. The zero-order chi connectivity index (χ0) is 17.0. The van der Waals surface area contributed by atoms with E-state index in [1.807, 2.05) is 18.2 Å². The highest BCUT2D eigenvalue weighted by atomic mass is 16.2. The molecule has 124 valence electrons. The van der Waals surface area contributed by atoms with E-state index in [2.05, 4.69) is 23.4 Å². The Morgan fingerprint density at radius 3 is 2.35 bits per heavy atom. The van der Waals surface area contributed by atoms with Crippen molar-refractivity contribution in [3.63, 3.8) is 0 Å². The van der Waals surface area contributed by atoms with Crippen LogP contribution in [0.5, 0.6) is 0 Å². The number of aryl methyl sites for hydroxylation is 2. The Balaban J connectivity index is 2.62. The third kappa shape index (κ3) is 1.85. The first-order chi connectivity index (χ1) is 10.8. The van der Waals surface area contributed by atoms with E-state index in [1.165, 1.54) is 9.13 Å². The predicted molar refractivity (Wildman–Crippen MR) is 90.3 cm³/mol. The third-order valence-electron chi connectivity index (χ3n) is 4.91. The van der Waals surface area contributed by atoms with Gasteiger partial charge < -0.3 is 4.57 Å². The normalized spacial score (nSPS) is 13.3. The molecule has 0 N–H and O–H groups in total. The quantitative estimate of drug-likeness (QED) is 0.739. The maximum atomic E-state index is 12.8. The smallest absolute Gasteiger partial charge is 0.311 e. The summed E-state index contributed by atoms with van der Waals surface area (Å²) < 4.78 is 6.76. The summed E-state index contributed by atoms with van der Waals surface area (Å²) in [5.74, 6) is 0.727. The van der Waals surface area contributed by atoms with Crippen molar-refractivity contribution in [3.05, 3.63) is 32.2 Å². The van der Waals surface area contributed by atoms with Crippen LogP contribution in [0.1, 0.15) is 44.6 Å². The van der Waals surface area contributed by atoms with Crippen LogP contribution in [0.4, 0.5) is 0 Å². The minimum atomic E-state index is -0.324. The van der Waals surface area contributed by atoms with E-state index in [0.29, 0.717) is 17.7 Å². The fraction of sp³-hybridized carbons (Fsp3) is 0.562. The van der Waals surface area contributed by atoms with Crippen LogP contribution in [-0.2, 0) is 13.6 Å². The molecule has 0 spiro atoms. The van der Waals surface area contributed by atoms with Gasteiger partial charge in [-0.1, -0.05) is 6.92 Å². The van der Waals surface area contributed by atoms with Crippen molar-refractivity contribution >= 4 is 16.9 Å². The molecule has 0 aliphatic heterocycles. The van der Waals surface area contributed by atoms with Crippen molar-refractivity contribution in [3.8, 4) is 0 Å². The van der Waals surface area contributed by atoms with Gasteiger partial charge in [0.25, 0.3) is 5.56 Å². The summed E-state index contributed by atoms with van der Waals surface area (Å²) in [6.07, 6.45) is 0.964. The van der Waals surface area contributed by atoms with E-state index in [1.54, 1.807) is 14.0 Å². The Morgan fingerprint density at radius 1 is 1.13 bits per heavy atom. The van der Waals surface area contributed by atoms with E-state index in [4.69, 9.17) is 0 Å². The SMILES string of the molecule is CCC(C)n1c(C)c(C)n2c3c(=O)n(CC)c(=O)n(C)c3nc12. The minimum Gasteiger partial charge on any atom is -0.311 e. The number of nitrogens with zero attached hydrogens (tertiary/aromatic N) is 5. The van der Waals surface area contributed by atoms with Gasteiger partial charge in [0.05, 0.1) is 0 Å². The summed E-state index contributed by atoms with van der Waals surface area (Å²) >= 11 is 0. The second-order valence-electron chi connectivity index (χ2n) is 6.11. The molecule has 0 fully saturated rings. The van der Waals surface area contributed by atoms with E-state index in [0.717, 1.165) is 23.6 Å². The summed E-state index contributed by atoms with van der Waals surface area (Å²) in [6, 6.07) is 0.272. The van der Waals surface area contributed by atoms with Crippen molar-refractivity contribution in [2.45, 2.75) is 53.6 Å². The van der Waals surface area contributed by atoms with Crippen LogP contribution in [0.25, 0.3) is 16.9 Å². The molecule has 1 unspecified atom stereocenters. The fourth-order valence-corrected chi connectivity index (χ4v) is 3.26. The van der Waals surface area contributed by atoms with E-state index >= 15 is 0 Å². The Kier molecular flexibility index (Phi) is 3.46. The lowest BCUT2D eigenvalue weighted by Gasteiger charge is -2.13. The topological polar surface area (TPSA) is 66.2 Å². The molecule has 0 aromatic carbocycles. The Bertz CT molecular complexity index is 1030. The summed E-state index contributed by atoms with van der Waals surface area (Å²) in [4.78, 5) is 29.8. The lowest BCUT2D eigenvalue weighted by Crippen LogP contribution is -2.38. The van der Waals surface area contributed by atoms with Crippen LogP contribution in [0, 0.1) is 13.8 Å². The van der Waals surface area contributed by atoms with Crippen molar-refractivity contribution in [1.82, 2.24) is 23.1 Å². The second kappa shape index (κ2) is 5.11. The van der Waals surface area contributed by atoms with Gasteiger partial charge in [-0.15, -0.1) is 0 Å². The molecule has 1 atom stereocenters. The molecular formula is C16H23N5O2. The van der Waals surface area contributed by atoms with Crippen LogP contribution >= 0.6 is 0 Å². The molecule has 7 nitrogen and oxygen atoms in total. The summed E-state index contributed by atoms with van der Waals surface area (Å²) in [6.45, 7) is 10.4. The van der Waals surface area contributed by atoms with Gasteiger partial charge >= 0.3 is 5.69 Å². The molecule has 3 aromatic heterocycles. The summed E-state index contributed by atoms with van der Waals surface area (Å²) in [5.41, 5.74) is 2.41. The molecule has 0 aliphatic rings. The van der Waals surface area contributed by atoms with Crippen molar-refractivity contribution < 1.29 is 0 Å². The Morgan fingerprint density at radius 2 is 1.78 bits per heavy atom. The maximum absolute atomic E-state index is 12.8. The Hall–Kier alpha value is -2.31. The average molecular weight is 317 g/mol. The number of imidazole rings is 2. The molecule has 0 amide bonds. The zero-order valence-electron chi connectivity index (χ0n) is 14.5. The highest BCUT2D eigenvalue weighted by molar-refractivity contribution is 5.76. The highest BCUT2D eigenvalue weighted by Gasteiger charge is 2.23. The fourth-order valence-electron chi connectivity index (χ4n) is 3.26. The van der Waals surface area contributed by atoms with Crippen LogP contribution in [0.3, 0.4) is 0 Å². The molecule has 0 saturated heterocycles. The molecule has 0 aliphatic carbocycles. The highest BCUT2D eigenvalue weighted by Crippen LogP contribution is 2.25. The molecule has 0 saturated carbocycles. The lowest BCUT2D eigenvalue weighted by molar-refractivity contribution is 0.532. The van der Waals surface area contributed by atoms with Gasteiger partial charge in [-0.25, -0.2) is 4.79 Å². The van der Waals surface area contributed by atoms with E-state index in [9.17, 15) is 9.59 Å². The van der Waals surface area contributed by atoms with Gasteiger partial charge in [-0.2, -0.15) is 4.98 Å². The van der Waals surface area contributed by atoms with Crippen LogP contribution < -0.4 is 11.2 Å². The zero-order valence-corrected chi connectivity index (χ0v) is 14.5. The summed E-state index contributed by atoms with van der Waals surface area (Å²) in [7, 11) is 1.67. The summed E-state index contributed by atoms with van der Waals surface area (Å²) in [5, 5.41) is 0. The van der Waals surface area contributed by atoms with Gasteiger partial charge in [0.2, 0.25) is 5.78 Å². The predicted octanol–water partition coefficient (Wildman–Crippen LogP) is 1.76. The first kappa shape index (κ1) is 15.6. The van der Waals surface area contributed by atoms with Crippen molar-refractivity contribution in [1.29, 1.82) is 0 Å². The molecule has 7 heteroatoms. The Labute approximate surface area is 133 Å². The first-order valence-electron chi connectivity index (χ1n) is 8.04. The molecule has 3 rings (SSSR count). The minimum absolute atomic E-state index is 0.272. The van der Waals surface area contributed by atoms with E-state index < -0.39 is 0 Å². The van der Waals surface area contributed by atoms with Crippen LogP contribution in [-0.4, -0.2) is 23.1 Å². The van der Waals surface area contributed by atoms with Gasteiger partial charge in [0.1, 0.15) is 0 Å². The van der Waals surface area contributed by atoms with Crippen molar-refractivity contribution in [2.75, 3.05) is 0 Å². The molecule has 0 bridgehead atoms. The van der Waals surface area contributed by atoms with E-state index in [-0.39, 0.29) is 17.3 Å². The van der Waals surface area contributed by atoms with Crippen molar-refractivity contribution in [2.24, 2.45) is 7.05 Å². The number of rotatable bonds is 3. The van der Waals surface area contributed by atoms with Gasteiger partial charge in [0.15, 0.2) is 11.2 Å².